The number of aromatic nitrogens is 2. The standard InChI is InChI=1S/C22H32N4O/c1-2-26-15-20(12-23-26)14-24-10-8-22(9-11-24)18-25(16-21(22)17-27)13-19-6-4-3-5-7-19/h3-7,12,15,21,27H,2,8-11,13-14,16-18H2,1H3. The molecule has 4 rings (SSSR count). The molecule has 146 valence electrons. The van der Waals surface area contributed by atoms with Crippen LogP contribution in [0.15, 0.2) is 42.7 Å². The molecule has 1 spiro atoms. The summed E-state index contributed by atoms with van der Waals surface area (Å²) in [6.07, 6.45) is 6.54. The van der Waals surface area contributed by atoms with Gasteiger partial charge in [0.1, 0.15) is 0 Å². The summed E-state index contributed by atoms with van der Waals surface area (Å²) in [5.74, 6) is 0.409. The molecule has 0 radical (unpaired) electrons. The highest BCUT2D eigenvalue weighted by Crippen LogP contribution is 2.45. The van der Waals surface area contributed by atoms with Crippen molar-refractivity contribution in [2.45, 2.75) is 39.4 Å². The average molecular weight is 369 g/mol. The highest BCUT2D eigenvalue weighted by Gasteiger charge is 2.47. The van der Waals surface area contributed by atoms with Crippen molar-refractivity contribution in [2.24, 2.45) is 11.3 Å². The molecule has 1 N–H and O–H groups in total. The molecular formula is C22H32N4O. The second kappa shape index (κ2) is 8.13. The maximum atomic E-state index is 10.0. The lowest BCUT2D eigenvalue weighted by Crippen LogP contribution is -2.44. The van der Waals surface area contributed by atoms with E-state index in [1.165, 1.54) is 24.0 Å². The van der Waals surface area contributed by atoms with Crippen LogP contribution in [-0.4, -0.2) is 57.5 Å². The number of hydrogen-bond acceptors (Lipinski definition) is 4. The molecule has 0 saturated carbocycles. The molecule has 5 nitrogen and oxygen atoms in total. The molecule has 2 fully saturated rings. The molecular weight excluding hydrogens is 336 g/mol. The highest BCUT2D eigenvalue weighted by atomic mass is 16.3. The van der Waals surface area contributed by atoms with Gasteiger partial charge in [-0.1, -0.05) is 30.3 Å². The van der Waals surface area contributed by atoms with Crippen molar-refractivity contribution in [2.75, 3.05) is 32.8 Å². The first-order valence-corrected chi connectivity index (χ1v) is 10.3. The van der Waals surface area contributed by atoms with Crippen LogP contribution < -0.4 is 0 Å². The third-order valence-corrected chi connectivity index (χ3v) is 6.62. The zero-order chi connectivity index (χ0) is 18.7. The van der Waals surface area contributed by atoms with Crippen molar-refractivity contribution in [1.29, 1.82) is 0 Å². The third kappa shape index (κ3) is 4.10. The minimum absolute atomic E-state index is 0.285. The summed E-state index contributed by atoms with van der Waals surface area (Å²) >= 11 is 0. The molecule has 2 aliphatic heterocycles. The van der Waals surface area contributed by atoms with Gasteiger partial charge in [0, 0.05) is 57.0 Å². The lowest BCUT2D eigenvalue weighted by Gasteiger charge is -2.42. The van der Waals surface area contributed by atoms with E-state index in [0.717, 1.165) is 45.8 Å². The number of hydrogen-bond donors (Lipinski definition) is 1. The number of aryl methyl sites for hydroxylation is 1. The Morgan fingerprint density at radius 2 is 1.81 bits per heavy atom. The van der Waals surface area contributed by atoms with Gasteiger partial charge >= 0.3 is 0 Å². The summed E-state index contributed by atoms with van der Waals surface area (Å²) in [5, 5.41) is 14.4. The van der Waals surface area contributed by atoms with Crippen molar-refractivity contribution >= 4 is 0 Å². The van der Waals surface area contributed by atoms with Gasteiger partial charge in [-0.15, -0.1) is 0 Å². The second-order valence-electron chi connectivity index (χ2n) is 8.38. The molecule has 2 saturated heterocycles. The Kier molecular flexibility index (Phi) is 5.62. The smallest absolute Gasteiger partial charge is 0.0534 e. The molecule has 5 heteroatoms. The van der Waals surface area contributed by atoms with Gasteiger partial charge in [0.25, 0.3) is 0 Å². The molecule has 0 bridgehead atoms. The van der Waals surface area contributed by atoms with Gasteiger partial charge in [-0.3, -0.25) is 14.5 Å². The summed E-state index contributed by atoms with van der Waals surface area (Å²) < 4.78 is 2.00. The van der Waals surface area contributed by atoms with E-state index in [4.69, 9.17) is 0 Å². The van der Waals surface area contributed by atoms with Gasteiger partial charge in [0.2, 0.25) is 0 Å². The van der Waals surface area contributed by atoms with Crippen LogP contribution in [0.25, 0.3) is 0 Å². The lowest BCUT2D eigenvalue weighted by molar-refractivity contribution is 0.0482. The summed E-state index contributed by atoms with van der Waals surface area (Å²) in [5.41, 5.74) is 2.97. The molecule has 3 heterocycles. The lowest BCUT2D eigenvalue weighted by atomic mass is 9.71. The van der Waals surface area contributed by atoms with Crippen LogP contribution in [0.3, 0.4) is 0 Å². The van der Waals surface area contributed by atoms with Gasteiger partial charge in [-0.05, 0) is 43.8 Å². The summed E-state index contributed by atoms with van der Waals surface area (Å²) in [7, 11) is 0. The second-order valence-corrected chi connectivity index (χ2v) is 8.38. The first kappa shape index (κ1) is 18.7. The van der Waals surface area contributed by atoms with E-state index < -0.39 is 0 Å². The fourth-order valence-electron chi connectivity index (χ4n) is 5.00. The fourth-order valence-corrected chi connectivity index (χ4v) is 5.00. The maximum absolute atomic E-state index is 10.0. The van der Waals surface area contributed by atoms with Crippen LogP contribution in [0.1, 0.15) is 30.9 Å². The van der Waals surface area contributed by atoms with E-state index in [1.54, 1.807) is 0 Å². The summed E-state index contributed by atoms with van der Waals surface area (Å²) in [6, 6.07) is 10.7. The Bertz CT molecular complexity index is 721. The third-order valence-electron chi connectivity index (χ3n) is 6.62. The Morgan fingerprint density at radius 1 is 1.07 bits per heavy atom. The van der Waals surface area contributed by atoms with Gasteiger partial charge in [0.05, 0.1) is 6.20 Å². The van der Waals surface area contributed by atoms with Crippen molar-refractivity contribution < 1.29 is 5.11 Å². The van der Waals surface area contributed by atoms with Crippen molar-refractivity contribution in [1.82, 2.24) is 19.6 Å². The molecule has 0 amide bonds. The van der Waals surface area contributed by atoms with Gasteiger partial charge in [-0.25, -0.2) is 0 Å². The number of nitrogens with zero attached hydrogens (tertiary/aromatic N) is 4. The van der Waals surface area contributed by atoms with Crippen molar-refractivity contribution in [3.63, 3.8) is 0 Å². The Hall–Kier alpha value is -1.69. The van der Waals surface area contributed by atoms with Crippen LogP contribution >= 0.6 is 0 Å². The Labute approximate surface area is 162 Å². The highest BCUT2D eigenvalue weighted by molar-refractivity contribution is 5.15. The number of piperidine rings is 1. The zero-order valence-corrected chi connectivity index (χ0v) is 16.4. The van der Waals surface area contributed by atoms with E-state index in [1.807, 2.05) is 10.9 Å². The predicted molar refractivity (Wildman–Crippen MR) is 107 cm³/mol. The number of aliphatic hydroxyl groups excluding tert-OH is 1. The summed E-state index contributed by atoms with van der Waals surface area (Å²) in [6.45, 7) is 9.74. The molecule has 2 aromatic rings. The molecule has 1 aromatic carbocycles. The van der Waals surface area contributed by atoms with E-state index in [9.17, 15) is 5.11 Å². The van der Waals surface area contributed by atoms with Crippen LogP contribution in [0, 0.1) is 11.3 Å². The molecule has 1 aromatic heterocycles. The zero-order valence-electron chi connectivity index (χ0n) is 16.4. The van der Waals surface area contributed by atoms with Crippen LogP contribution in [-0.2, 0) is 19.6 Å². The van der Waals surface area contributed by atoms with Gasteiger partial charge in [-0.2, -0.15) is 5.10 Å². The number of benzene rings is 1. The minimum Gasteiger partial charge on any atom is -0.396 e. The normalized spacial score (nSPS) is 23.3. The van der Waals surface area contributed by atoms with Crippen LogP contribution in [0.2, 0.25) is 0 Å². The van der Waals surface area contributed by atoms with Crippen LogP contribution in [0.4, 0.5) is 0 Å². The van der Waals surface area contributed by atoms with E-state index in [-0.39, 0.29) is 5.41 Å². The van der Waals surface area contributed by atoms with E-state index in [2.05, 4.69) is 58.4 Å². The quantitative estimate of drug-likeness (QED) is 0.851. The number of rotatable bonds is 6. The summed E-state index contributed by atoms with van der Waals surface area (Å²) in [4.78, 5) is 5.10. The predicted octanol–water partition coefficient (Wildman–Crippen LogP) is 2.61. The Balaban J connectivity index is 1.35. The Morgan fingerprint density at radius 3 is 2.48 bits per heavy atom. The van der Waals surface area contributed by atoms with Gasteiger partial charge < -0.3 is 5.11 Å². The van der Waals surface area contributed by atoms with E-state index in [0.29, 0.717) is 12.5 Å². The first-order valence-electron chi connectivity index (χ1n) is 10.3. The minimum atomic E-state index is 0.285. The van der Waals surface area contributed by atoms with Crippen LogP contribution in [0.5, 0.6) is 0 Å². The molecule has 2 aliphatic rings. The fraction of sp³-hybridized carbons (Fsp3) is 0.591. The molecule has 0 aliphatic carbocycles. The SMILES string of the molecule is CCn1cc(CN2CCC3(CC2)CN(Cc2ccccc2)CC3CO)cn1. The average Bonchev–Trinajstić information content (AvgIpc) is 3.29. The first-order chi connectivity index (χ1) is 13.2. The van der Waals surface area contributed by atoms with E-state index >= 15 is 0 Å². The number of aliphatic hydroxyl groups is 1. The van der Waals surface area contributed by atoms with Crippen molar-refractivity contribution in [3.05, 3.63) is 53.9 Å². The molecule has 27 heavy (non-hydrogen) atoms. The van der Waals surface area contributed by atoms with Gasteiger partial charge in [0.15, 0.2) is 0 Å². The topological polar surface area (TPSA) is 44.5 Å². The molecule has 1 atom stereocenters. The van der Waals surface area contributed by atoms with Crippen molar-refractivity contribution in [3.8, 4) is 0 Å². The monoisotopic (exact) mass is 368 g/mol. The number of likely N-dealkylation sites (tertiary alicyclic amines) is 2. The molecule has 1 unspecified atom stereocenters. The maximum Gasteiger partial charge on any atom is 0.0534 e. The largest absolute Gasteiger partial charge is 0.396 e.